The summed E-state index contributed by atoms with van der Waals surface area (Å²) in [5, 5.41) is 3.57. The third-order valence-corrected chi connectivity index (χ3v) is 5.11. The fourth-order valence-electron chi connectivity index (χ4n) is 3.37. The molecule has 4 heteroatoms. The fraction of sp³-hybridized carbons (Fsp3) is 0.500. The zero-order chi connectivity index (χ0) is 18.0. The Morgan fingerprint density at radius 3 is 2.81 bits per heavy atom. The van der Waals surface area contributed by atoms with Gasteiger partial charge in [-0.15, -0.1) is 0 Å². The molecule has 1 fully saturated rings. The van der Waals surface area contributed by atoms with Crippen LogP contribution in [0.25, 0.3) is 0 Å². The number of pyridine rings is 1. The van der Waals surface area contributed by atoms with E-state index in [0.29, 0.717) is 6.61 Å². The van der Waals surface area contributed by atoms with Gasteiger partial charge < -0.3 is 15.0 Å². The molecule has 26 heavy (non-hydrogen) atoms. The second-order valence-electron chi connectivity index (χ2n) is 7.31. The summed E-state index contributed by atoms with van der Waals surface area (Å²) in [5.74, 6) is 1.86. The molecular weight excluding hydrogens is 322 g/mol. The number of hydrogen-bond donors (Lipinski definition) is 1. The molecule has 140 valence electrons. The molecular formula is C22H31N3O. The topological polar surface area (TPSA) is 37.4 Å². The monoisotopic (exact) mass is 353 g/mol. The molecule has 1 aliphatic rings. The number of ether oxygens (including phenoxy) is 1. The Morgan fingerprint density at radius 2 is 2.00 bits per heavy atom. The van der Waals surface area contributed by atoms with E-state index >= 15 is 0 Å². The molecule has 4 nitrogen and oxygen atoms in total. The van der Waals surface area contributed by atoms with E-state index in [1.165, 1.54) is 44.5 Å². The van der Waals surface area contributed by atoms with E-state index < -0.39 is 0 Å². The Labute approximate surface area is 157 Å². The van der Waals surface area contributed by atoms with Crippen LogP contribution in [-0.2, 0) is 13.2 Å². The number of para-hydroxylation sites is 1. The predicted octanol–water partition coefficient (Wildman–Crippen LogP) is 3.87. The average molecular weight is 354 g/mol. The summed E-state index contributed by atoms with van der Waals surface area (Å²) in [5.41, 5.74) is 2.30. The minimum atomic E-state index is 0.554. The summed E-state index contributed by atoms with van der Waals surface area (Å²) in [7, 11) is 0. The van der Waals surface area contributed by atoms with Crippen LogP contribution in [0, 0.1) is 5.92 Å². The molecule has 0 atom stereocenters. The highest BCUT2D eigenvalue weighted by Gasteiger charge is 2.14. The van der Waals surface area contributed by atoms with Gasteiger partial charge in [0.25, 0.3) is 0 Å². The molecule has 1 saturated heterocycles. The maximum atomic E-state index is 6.00. The minimum Gasteiger partial charge on any atom is -0.489 e. The van der Waals surface area contributed by atoms with Gasteiger partial charge in [-0.1, -0.05) is 31.2 Å². The first-order valence-electron chi connectivity index (χ1n) is 9.84. The Hall–Kier alpha value is -1.91. The number of likely N-dealkylation sites (tertiary alicyclic amines) is 1. The summed E-state index contributed by atoms with van der Waals surface area (Å²) in [4.78, 5) is 6.74. The maximum absolute atomic E-state index is 6.00. The lowest BCUT2D eigenvalue weighted by atomic mass is 9.99. The zero-order valence-electron chi connectivity index (χ0n) is 15.9. The van der Waals surface area contributed by atoms with Gasteiger partial charge in [0.05, 0.1) is 0 Å². The Bertz CT molecular complexity index is 639. The van der Waals surface area contributed by atoms with Crippen LogP contribution in [0.1, 0.15) is 37.3 Å². The molecule has 3 rings (SSSR count). The highest BCUT2D eigenvalue weighted by molar-refractivity contribution is 5.33. The highest BCUT2D eigenvalue weighted by atomic mass is 16.5. The molecule has 0 saturated carbocycles. The van der Waals surface area contributed by atoms with Crippen LogP contribution in [0.15, 0.2) is 48.8 Å². The first-order valence-corrected chi connectivity index (χ1v) is 9.84. The van der Waals surface area contributed by atoms with Gasteiger partial charge in [0, 0.05) is 30.1 Å². The van der Waals surface area contributed by atoms with Crippen molar-refractivity contribution in [1.29, 1.82) is 0 Å². The lowest BCUT2D eigenvalue weighted by Gasteiger charge is -2.30. The number of nitrogens with zero attached hydrogens (tertiary/aromatic N) is 2. The first kappa shape index (κ1) is 18.9. The van der Waals surface area contributed by atoms with Gasteiger partial charge in [0.1, 0.15) is 12.4 Å². The third-order valence-electron chi connectivity index (χ3n) is 5.11. The average Bonchev–Trinajstić information content (AvgIpc) is 2.69. The van der Waals surface area contributed by atoms with Crippen molar-refractivity contribution in [2.45, 2.75) is 39.3 Å². The van der Waals surface area contributed by atoms with E-state index in [-0.39, 0.29) is 0 Å². The van der Waals surface area contributed by atoms with Crippen LogP contribution in [0.3, 0.4) is 0 Å². The SMILES string of the molecule is CC1CCN(CCCNCc2ccccc2OCc2cccnc2)CC1. The number of aromatic nitrogens is 1. The van der Waals surface area contributed by atoms with E-state index in [0.717, 1.165) is 30.3 Å². The predicted molar refractivity (Wildman–Crippen MR) is 106 cm³/mol. The summed E-state index contributed by atoms with van der Waals surface area (Å²) >= 11 is 0. The molecule has 0 unspecified atom stereocenters. The van der Waals surface area contributed by atoms with E-state index in [1.807, 2.05) is 30.5 Å². The van der Waals surface area contributed by atoms with Gasteiger partial charge in [-0.3, -0.25) is 4.98 Å². The van der Waals surface area contributed by atoms with Crippen LogP contribution < -0.4 is 10.1 Å². The van der Waals surface area contributed by atoms with Crippen molar-refractivity contribution in [3.05, 3.63) is 59.9 Å². The van der Waals surface area contributed by atoms with Gasteiger partial charge in [-0.05, 0) is 63.5 Å². The van der Waals surface area contributed by atoms with Crippen LogP contribution in [0.5, 0.6) is 5.75 Å². The van der Waals surface area contributed by atoms with Crippen LogP contribution in [0.4, 0.5) is 0 Å². The Morgan fingerprint density at radius 1 is 1.15 bits per heavy atom. The minimum absolute atomic E-state index is 0.554. The van der Waals surface area contributed by atoms with Crippen molar-refractivity contribution < 1.29 is 4.74 Å². The number of benzene rings is 1. The van der Waals surface area contributed by atoms with E-state index in [4.69, 9.17) is 4.74 Å². The van der Waals surface area contributed by atoms with Gasteiger partial charge in [-0.2, -0.15) is 0 Å². The van der Waals surface area contributed by atoms with Gasteiger partial charge >= 0.3 is 0 Å². The lowest BCUT2D eigenvalue weighted by Crippen LogP contribution is -2.34. The van der Waals surface area contributed by atoms with Crippen LogP contribution >= 0.6 is 0 Å². The summed E-state index contributed by atoms with van der Waals surface area (Å²) in [6, 6.07) is 12.3. The van der Waals surface area contributed by atoms with Crippen LogP contribution in [-0.4, -0.2) is 36.1 Å². The number of hydrogen-bond acceptors (Lipinski definition) is 4. The molecule has 1 aliphatic heterocycles. The molecule has 0 radical (unpaired) electrons. The molecule has 0 bridgehead atoms. The number of nitrogens with one attached hydrogen (secondary N) is 1. The maximum Gasteiger partial charge on any atom is 0.124 e. The smallest absolute Gasteiger partial charge is 0.124 e. The standard InChI is InChI=1S/C22H31N3O/c1-19-9-14-25(15-10-19)13-5-12-24-17-21-7-2-3-8-22(21)26-18-20-6-4-11-23-16-20/h2-4,6-8,11,16,19,24H,5,9-10,12-15,17-18H2,1H3. The normalized spacial score (nSPS) is 15.9. The second kappa shape index (κ2) is 10.3. The molecule has 1 aromatic carbocycles. The summed E-state index contributed by atoms with van der Waals surface area (Å²) < 4.78 is 6.00. The molecule has 2 heterocycles. The van der Waals surface area contributed by atoms with Crippen molar-refractivity contribution in [1.82, 2.24) is 15.2 Å². The molecule has 0 spiro atoms. The molecule has 1 aromatic heterocycles. The van der Waals surface area contributed by atoms with Crippen molar-refractivity contribution in [2.24, 2.45) is 5.92 Å². The van der Waals surface area contributed by atoms with Gasteiger partial charge in [0.2, 0.25) is 0 Å². The summed E-state index contributed by atoms with van der Waals surface area (Å²) in [6.07, 6.45) is 7.55. The van der Waals surface area contributed by atoms with Crippen molar-refractivity contribution in [3.8, 4) is 5.75 Å². The first-order chi connectivity index (χ1) is 12.8. The summed E-state index contributed by atoms with van der Waals surface area (Å²) in [6.45, 7) is 8.56. The van der Waals surface area contributed by atoms with Gasteiger partial charge in [-0.25, -0.2) is 0 Å². The fourth-order valence-corrected chi connectivity index (χ4v) is 3.37. The Balaban J connectivity index is 1.38. The number of piperidine rings is 1. The largest absolute Gasteiger partial charge is 0.489 e. The van der Waals surface area contributed by atoms with Crippen molar-refractivity contribution in [2.75, 3.05) is 26.2 Å². The quantitative estimate of drug-likeness (QED) is 0.695. The highest BCUT2D eigenvalue weighted by Crippen LogP contribution is 2.19. The zero-order valence-corrected chi connectivity index (χ0v) is 15.9. The number of rotatable bonds is 9. The van der Waals surface area contributed by atoms with Crippen molar-refractivity contribution >= 4 is 0 Å². The Kier molecular flexibility index (Phi) is 7.47. The van der Waals surface area contributed by atoms with Crippen LogP contribution in [0.2, 0.25) is 0 Å². The van der Waals surface area contributed by atoms with E-state index in [2.05, 4.69) is 34.3 Å². The van der Waals surface area contributed by atoms with E-state index in [9.17, 15) is 0 Å². The molecule has 0 amide bonds. The molecule has 1 N–H and O–H groups in total. The molecule has 0 aliphatic carbocycles. The van der Waals surface area contributed by atoms with E-state index in [1.54, 1.807) is 6.20 Å². The van der Waals surface area contributed by atoms with Gasteiger partial charge in [0.15, 0.2) is 0 Å². The lowest BCUT2D eigenvalue weighted by molar-refractivity contribution is 0.190. The van der Waals surface area contributed by atoms with Crippen molar-refractivity contribution in [3.63, 3.8) is 0 Å². The second-order valence-corrected chi connectivity index (χ2v) is 7.31. The third kappa shape index (κ3) is 6.11. The molecule has 2 aromatic rings.